The third-order valence-electron chi connectivity index (χ3n) is 4.47. The Hall–Kier alpha value is -2.65. The number of methoxy groups -OCH3 is 1. The summed E-state index contributed by atoms with van der Waals surface area (Å²) in [5.74, 6) is -0.0804. The summed E-state index contributed by atoms with van der Waals surface area (Å²) in [5, 5.41) is 3.00. The Bertz CT molecular complexity index is 757. The van der Waals surface area contributed by atoms with Crippen LogP contribution in [0, 0.1) is 0 Å². The zero-order valence-electron chi connectivity index (χ0n) is 15.2. The SMILES string of the molecule is COCCOC1CCC(NC(=O)c2cc(C=O)nc(-n3ccnc3)n2)CC1. The van der Waals surface area contributed by atoms with Gasteiger partial charge in [-0.1, -0.05) is 0 Å². The van der Waals surface area contributed by atoms with Gasteiger partial charge in [-0.3, -0.25) is 14.2 Å². The standard InChI is InChI=1S/C18H23N5O4/c1-26-8-9-27-15-4-2-13(3-5-15)20-17(25)16-10-14(11-24)21-18(22-16)23-7-6-19-12-23/h6-7,10-13,15H,2-5,8-9H2,1H3,(H,20,25). The molecule has 0 bridgehead atoms. The molecule has 3 rings (SSSR count). The summed E-state index contributed by atoms with van der Waals surface area (Å²) in [4.78, 5) is 36.1. The molecule has 9 nitrogen and oxygen atoms in total. The molecule has 1 N–H and O–H groups in total. The van der Waals surface area contributed by atoms with Gasteiger partial charge in [-0.25, -0.2) is 15.0 Å². The lowest BCUT2D eigenvalue weighted by Crippen LogP contribution is -2.39. The van der Waals surface area contributed by atoms with E-state index in [4.69, 9.17) is 9.47 Å². The molecule has 9 heteroatoms. The Morgan fingerprint density at radius 2 is 2.11 bits per heavy atom. The van der Waals surface area contributed by atoms with Gasteiger partial charge in [-0.2, -0.15) is 0 Å². The number of nitrogens with zero attached hydrogens (tertiary/aromatic N) is 4. The minimum atomic E-state index is -0.314. The van der Waals surface area contributed by atoms with Gasteiger partial charge in [0.15, 0.2) is 6.29 Å². The Morgan fingerprint density at radius 3 is 2.78 bits per heavy atom. The lowest BCUT2D eigenvalue weighted by molar-refractivity contribution is -0.00409. The summed E-state index contributed by atoms with van der Waals surface area (Å²) < 4.78 is 12.3. The van der Waals surface area contributed by atoms with Crippen LogP contribution < -0.4 is 5.32 Å². The molecule has 2 aromatic rings. The molecule has 2 aromatic heterocycles. The van der Waals surface area contributed by atoms with E-state index in [9.17, 15) is 9.59 Å². The van der Waals surface area contributed by atoms with Crippen molar-refractivity contribution in [3.63, 3.8) is 0 Å². The molecule has 2 heterocycles. The number of carbonyl (C=O) groups excluding carboxylic acids is 2. The highest BCUT2D eigenvalue weighted by Gasteiger charge is 2.24. The second-order valence-electron chi connectivity index (χ2n) is 6.38. The molecule has 1 aliphatic rings. The number of rotatable bonds is 8. The summed E-state index contributed by atoms with van der Waals surface area (Å²) in [6.07, 6.45) is 8.99. The normalized spacial score (nSPS) is 19.6. The molecule has 27 heavy (non-hydrogen) atoms. The van der Waals surface area contributed by atoms with Crippen LogP contribution in [0.5, 0.6) is 0 Å². The first-order chi connectivity index (χ1) is 13.2. The van der Waals surface area contributed by atoms with Crippen LogP contribution in [0.25, 0.3) is 5.95 Å². The number of imidazole rings is 1. The number of nitrogens with one attached hydrogen (secondary N) is 1. The quantitative estimate of drug-likeness (QED) is 0.547. The Balaban J connectivity index is 1.60. The lowest BCUT2D eigenvalue weighted by Gasteiger charge is -2.29. The van der Waals surface area contributed by atoms with Crippen molar-refractivity contribution in [2.45, 2.75) is 37.8 Å². The number of amides is 1. The molecule has 1 amide bonds. The molecular weight excluding hydrogens is 350 g/mol. The van der Waals surface area contributed by atoms with E-state index in [0.717, 1.165) is 25.7 Å². The molecule has 1 saturated carbocycles. The average Bonchev–Trinajstić information content (AvgIpc) is 3.24. The topological polar surface area (TPSA) is 108 Å². The van der Waals surface area contributed by atoms with Gasteiger partial charge in [-0.15, -0.1) is 0 Å². The van der Waals surface area contributed by atoms with Crippen LogP contribution in [0.4, 0.5) is 0 Å². The fourth-order valence-electron chi connectivity index (χ4n) is 3.05. The number of hydrogen-bond donors (Lipinski definition) is 1. The fraction of sp³-hybridized carbons (Fsp3) is 0.500. The van der Waals surface area contributed by atoms with Crippen molar-refractivity contribution in [2.75, 3.05) is 20.3 Å². The summed E-state index contributed by atoms with van der Waals surface area (Å²) in [5.41, 5.74) is 0.309. The predicted octanol–water partition coefficient (Wildman–Crippen LogP) is 1.18. The Kier molecular flexibility index (Phi) is 6.61. The highest BCUT2D eigenvalue weighted by Crippen LogP contribution is 2.21. The van der Waals surface area contributed by atoms with Gasteiger partial charge >= 0.3 is 0 Å². The van der Waals surface area contributed by atoms with Crippen LogP contribution in [-0.4, -0.2) is 64.2 Å². The van der Waals surface area contributed by atoms with Crippen molar-refractivity contribution in [3.8, 4) is 5.95 Å². The maximum atomic E-state index is 12.6. The van der Waals surface area contributed by atoms with Gasteiger partial charge in [0.25, 0.3) is 5.91 Å². The summed E-state index contributed by atoms with van der Waals surface area (Å²) in [6, 6.07) is 1.45. The first kappa shape index (κ1) is 19.1. The van der Waals surface area contributed by atoms with Crippen LogP contribution in [0.3, 0.4) is 0 Å². The number of ether oxygens (including phenoxy) is 2. The molecule has 0 saturated heterocycles. The number of hydrogen-bond acceptors (Lipinski definition) is 7. The predicted molar refractivity (Wildman–Crippen MR) is 95.9 cm³/mol. The molecule has 1 aliphatic carbocycles. The molecule has 1 fully saturated rings. The smallest absolute Gasteiger partial charge is 0.270 e. The van der Waals surface area contributed by atoms with E-state index >= 15 is 0 Å². The van der Waals surface area contributed by atoms with Gasteiger partial charge in [0, 0.05) is 25.5 Å². The van der Waals surface area contributed by atoms with E-state index < -0.39 is 0 Å². The van der Waals surface area contributed by atoms with E-state index in [2.05, 4.69) is 20.3 Å². The fourth-order valence-corrected chi connectivity index (χ4v) is 3.05. The second kappa shape index (κ2) is 9.33. The van der Waals surface area contributed by atoms with Gasteiger partial charge in [0.2, 0.25) is 5.95 Å². The van der Waals surface area contributed by atoms with Crippen LogP contribution in [0.2, 0.25) is 0 Å². The van der Waals surface area contributed by atoms with Gasteiger partial charge < -0.3 is 14.8 Å². The van der Waals surface area contributed by atoms with Crippen LogP contribution in [-0.2, 0) is 9.47 Å². The third kappa shape index (κ3) is 5.18. The first-order valence-electron chi connectivity index (χ1n) is 8.93. The molecule has 144 valence electrons. The van der Waals surface area contributed by atoms with E-state index in [1.165, 1.54) is 12.4 Å². The lowest BCUT2D eigenvalue weighted by atomic mass is 9.93. The zero-order valence-corrected chi connectivity index (χ0v) is 15.2. The Morgan fingerprint density at radius 1 is 1.30 bits per heavy atom. The van der Waals surface area contributed by atoms with Crippen LogP contribution >= 0.6 is 0 Å². The van der Waals surface area contributed by atoms with E-state index in [1.807, 2.05) is 0 Å². The van der Waals surface area contributed by atoms with E-state index in [0.29, 0.717) is 19.5 Å². The van der Waals surface area contributed by atoms with Gasteiger partial charge in [-0.05, 0) is 31.7 Å². The van der Waals surface area contributed by atoms with Gasteiger partial charge in [0.1, 0.15) is 17.7 Å². The molecule has 0 atom stereocenters. The average molecular weight is 373 g/mol. The molecule has 0 aromatic carbocycles. The molecular formula is C18H23N5O4. The van der Waals surface area contributed by atoms with Crippen molar-refractivity contribution >= 4 is 12.2 Å². The maximum absolute atomic E-state index is 12.6. The third-order valence-corrected chi connectivity index (χ3v) is 4.47. The highest BCUT2D eigenvalue weighted by atomic mass is 16.5. The van der Waals surface area contributed by atoms with E-state index in [1.54, 1.807) is 24.1 Å². The molecule has 0 spiro atoms. The van der Waals surface area contributed by atoms with Crippen LogP contribution in [0.15, 0.2) is 24.8 Å². The number of aromatic nitrogens is 4. The van der Waals surface area contributed by atoms with Crippen molar-refractivity contribution in [2.24, 2.45) is 0 Å². The zero-order chi connectivity index (χ0) is 19.1. The Labute approximate surface area is 157 Å². The second-order valence-corrected chi connectivity index (χ2v) is 6.38. The number of aldehydes is 1. The minimum Gasteiger partial charge on any atom is -0.382 e. The van der Waals surface area contributed by atoms with Crippen molar-refractivity contribution in [1.82, 2.24) is 24.8 Å². The number of carbonyl (C=O) groups is 2. The first-order valence-corrected chi connectivity index (χ1v) is 8.93. The highest BCUT2D eigenvalue weighted by molar-refractivity contribution is 5.93. The van der Waals surface area contributed by atoms with Gasteiger partial charge in [0.05, 0.1) is 19.3 Å². The minimum absolute atomic E-state index is 0.0612. The molecule has 0 radical (unpaired) electrons. The largest absolute Gasteiger partial charge is 0.382 e. The van der Waals surface area contributed by atoms with Crippen molar-refractivity contribution < 1.29 is 19.1 Å². The molecule has 0 aliphatic heterocycles. The van der Waals surface area contributed by atoms with Crippen LogP contribution in [0.1, 0.15) is 46.7 Å². The maximum Gasteiger partial charge on any atom is 0.270 e. The van der Waals surface area contributed by atoms with Crippen molar-refractivity contribution in [3.05, 3.63) is 36.2 Å². The summed E-state index contributed by atoms with van der Waals surface area (Å²) >= 11 is 0. The van der Waals surface area contributed by atoms with Crippen molar-refractivity contribution in [1.29, 1.82) is 0 Å². The summed E-state index contributed by atoms with van der Waals surface area (Å²) in [7, 11) is 1.65. The monoisotopic (exact) mass is 373 g/mol. The molecule has 0 unspecified atom stereocenters. The van der Waals surface area contributed by atoms with E-state index in [-0.39, 0.29) is 35.4 Å². The summed E-state index contributed by atoms with van der Waals surface area (Å²) in [6.45, 7) is 1.17.